The average molecular weight is 447 g/mol. The topological polar surface area (TPSA) is 58.6 Å². The average Bonchev–Trinajstić information content (AvgIpc) is 3.49. The van der Waals surface area contributed by atoms with E-state index in [2.05, 4.69) is 34.5 Å². The molecular weight excluding hydrogens is 412 g/mol. The Morgan fingerprint density at radius 1 is 1.06 bits per heavy atom. The lowest BCUT2D eigenvalue weighted by Crippen LogP contribution is -2.43. The molecule has 5 nitrogen and oxygen atoms in total. The van der Waals surface area contributed by atoms with Gasteiger partial charge in [0.2, 0.25) is 5.91 Å². The second-order valence-corrected chi connectivity index (χ2v) is 9.73. The molecule has 5 heteroatoms. The van der Waals surface area contributed by atoms with E-state index in [0.717, 1.165) is 62.6 Å². The zero-order chi connectivity index (χ0) is 22.8. The van der Waals surface area contributed by atoms with Crippen molar-refractivity contribution in [1.29, 1.82) is 0 Å². The summed E-state index contributed by atoms with van der Waals surface area (Å²) in [7, 11) is 0. The molecule has 1 aliphatic heterocycles. The summed E-state index contributed by atoms with van der Waals surface area (Å²) in [5.41, 5.74) is 3.50. The first-order chi connectivity index (χ1) is 16.1. The quantitative estimate of drug-likeness (QED) is 0.665. The number of ether oxygens (including phenoxy) is 1. The maximum absolute atomic E-state index is 13.5. The Bertz CT molecular complexity index is 995. The summed E-state index contributed by atoms with van der Waals surface area (Å²) in [5, 5.41) is 3.06. The molecule has 2 aromatic carbocycles. The van der Waals surface area contributed by atoms with E-state index in [1.807, 2.05) is 31.2 Å². The smallest absolute Gasteiger partial charge is 0.261 e. The van der Waals surface area contributed by atoms with E-state index in [1.165, 1.54) is 5.56 Å². The first kappa shape index (κ1) is 22.0. The van der Waals surface area contributed by atoms with Crippen LogP contribution in [0.25, 0.3) is 0 Å². The number of amides is 2. The van der Waals surface area contributed by atoms with Crippen LogP contribution in [0.2, 0.25) is 0 Å². The maximum Gasteiger partial charge on any atom is 0.261 e. The van der Waals surface area contributed by atoms with Gasteiger partial charge in [0.25, 0.3) is 5.91 Å². The van der Waals surface area contributed by atoms with Crippen LogP contribution in [-0.2, 0) is 16.0 Å². The molecule has 1 N–H and O–H groups in total. The number of rotatable bonds is 7. The molecule has 0 aromatic heterocycles. The van der Waals surface area contributed by atoms with Crippen LogP contribution in [0.4, 0.5) is 0 Å². The van der Waals surface area contributed by atoms with Crippen molar-refractivity contribution in [2.45, 2.75) is 76.5 Å². The molecule has 2 saturated carbocycles. The van der Waals surface area contributed by atoms with Gasteiger partial charge in [0.05, 0.1) is 6.04 Å². The highest BCUT2D eigenvalue weighted by atomic mass is 16.5. The molecule has 0 spiro atoms. The normalized spacial score (nSPS) is 21.4. The van der Waals surface area contributed by atoms with Crippen molar-refractivity contribution < 1.29 is 14.3 Å². The standard InChI is InChI=1S/C28H34N2O3/c1-2-25(27(31)29-22-13-14-22)33-23-15-12-19-16-17-30(28(32)21-10-6-7-11-21)26(24(19)18-23)20-8-4-3-5-9-20/h3-5,8-9,12,15,18,21-22,25-26H,2,6-7,10-11,13-14,16-17H2,1H3,(H,29,31)/t25-,26+/m1/s1. The lowest BCUT2D eigenvalue weighted by atomic mass is 9.87. The van der Waals surface area contributed by atoms with Gasteiger partial charge in [0, 0.05) is 18.5 Å². The molecule has 1 heterocycles. The van der Waals surface area contributed by atoms with Crippen molar-refractivity contribution in [2.24, 2.45) is 5.92 Å². The van der Waals surface area contributed by atoms with Crippen molar-refractivity contribution in [2.75, 3.05) is 6.54 Å². The van der Waals surface area contributed by atoms with Crippen LogP contribution in [0.5, 0.6) is 5.75 Å². The highest BCUT2D eigenvalue weighted by Gasteiger charge is 2.36. The fraction of sp³-hybridized carbons (Fsp3) is 0.500. The summed E-state index contributed by atoms with van der Waals surface area (Å²) in [4.78, 5) is 28.2. The molecule has 0 saturated heterocycles. The number of carbonyl (C=O) groups excluding carboxylic acids is 2. The van der Waals surface area contributed by atoms with Gasteiger partial charge in [-0.05, 0) is 67.3 Å². The Hall–Kier alpha value is -2.82. The largest absolute Gasteiger partial charge is 0.481 e. The number of fused-ring (bicyclic) bond motifs is 1. The number of nitrogens with zero attached hydrogens (tertiary/aromatic N) is 1. The van der Waals surface area contributed by atoms with Gasteiger partial charge < -0.3 is 15.0 Å². The fourth-order valence-electron chi connectivity index (χ4n) is 5.31. The third-order valence-corrected chi connectivity index (χ3v) is 7.31. The van der Waals surface area contributed by atoms with Crippen LogP contribution in [0.1, 0.15) is 74.6 Å². The van der Waals surface area contributed by atoms with Gasteiger partial charge in [-0.15, -0.1) is 0 Å². The molecule has 0 unspecified atom stereocenters. The van der Waals surface area contributed by atoms with Gasteiger partial charge >= 0.3 is 0 Å². The van der Waals surface area contributed by atoms with E-state index in [0.29, 0.717) is 18.2 Å². The highest BCUT2D eigenvalue weighted by molar-refractivity contribution is 5.82. The van der Waals surface area contributed by atoms with E-state index in [9.17, 15) is 9.59 Å². The number of hydrogen-bond acceptors (Lipinski definition) is 3. The molecule has 2 aromatic rings. The minimum Gasteiger partial charge on any atom is -0.481 e. The maximum atomic E-state index is 13.5. The second-order valence-electron chi connectivity index (χ2n) is 9.73. The predicted molar refractivity (Wildman–Crippen MR) is 128 cm³/mol. The molecule has 2 amide bonds. The third kappa shape index (κ3) is 4.78. The van der Waals surface area contributed by atoms with Crippen molar-refractivity contribution in [3.8, 4) is 5.75 Å². The molecule has 33 heavy (non-hydrogen) atoms. The molecule has 0 radical (unpaired) electrons. The van der Waals surface area contributed by atoms with Crippen LogP contribution in [0.15, 0.2) is 48.5 Å². The van der Waals surface area contributed by atoms with E-state index in [4.69, 9.17) is 4.74 Å². The summed E-state index contributed by atoms with van der Waals surface area (Å²) in [6.45, 7) is 2.72. The molecule has 2 aliphatic carbocycles. The molecule has 5 rings (SSSR count). The monoisotopic (exact) mass is 446 g/mol. The minimum atomic E-state index is -0.501. The van der Waals surface area contributed by atoms with Gasteiger partial charge in [-0.2, -0.15) is 0 Å². The highest BCUT2D eigenvalue weighted by Crippen LogP contribution is 2.39. The molecular formula is C28H34N2O3. The van der Waals surface area contributed by atoms with Crippen LogP contribution in [0.3, 0.4) is 0 Å². The lowest BCUT2D eigenvalue weighted by Gasteiger charge is -2.39. The van der Waals surface area contributed by atoms with Crippen LogP contribution < -0.4 is 10.1 Å². The zero-order valence-electron chi connectivity index (χ0n) is 19.5. The summed E-state index contributed by atoms with van der Waals surface area (Å²) in [6, 6.07) is 16.7. The van der Waals surface area contributed by atoms with E-state index < -0.39 is 6.10 Å². The Morgan fingerprint density at radius 3 is 2.52 bits per heavy atom. The number of carbonyl (C=O) groups is 2. The Labute approximate surface area is 196 Å². The van der Waals surface area contributed by atoms with Crippen molar-refractivity contribution in [1.82, 2.24) is 10.2 Å². The van der Waals surface area contributed by atoms with Crippen molar-refractivity contribution in [3.05, 3.63) is 65.2 Å². The van der Waals surface area contributed by atoms with Crippen molar-refractivity contribution in [3.63, 3.8) is 0 Å². The number of nitrogens with one attached hydrogen (secondary N) is 1. The number of hydrogen-bond donors (Lipinski definition) is 1. The van der Waals surface area contributed by atoms with Gasteiger partial charge in [-0.1, -0.05) is 56.2 Å². The minimum absolute atomic E-state index is 0.0321. The zero-order valence-corrected chi connectivity index (χ0v) is 19.5. The Balaban J connectivity index is 1.45. The lowest BCUT2D eigenvalue weighted by molar-refractivity contribution is -0.137. The van der Waals surface area contributed by atoms with Crippen molar-refractivity contribution >= 4 is 11.8 Å². The SMILES string of the molecule is CC[C@@H](Oc1ccc2c(c1)[C@H](c1ccccc1)N(C(=O)C1CCCC1)CC2)C(=O)NC1CC1. The van der Waals surface area contributed by atoms with Crippen LogP contribution in [0, 0.1) is 5.92 Å². The molecule has 174 valence electrons. The summed E-state index contributed by atoms with van der Waals surface area (Å²) in [5.74, 6) is 1.10. The third-order valence-electron chi connectivity index (χ3n) is 7.31. The van der Waals surface area contributed by atoms with Gasteiger partial charge in [0.1, 0.15) is 5.75 Å². The van der Waals surface area contributed by atoms with Crippen LogP contribution >= 0.6 is 0 Å². The van der Waals surface area contributed by atoms with E-state index >= 15 is 0 Å². The molecule has 2 atom stereocenters. The van der Waals surface area contributed by atoms with Gasteiger partial charge in [-0.3, -0.25) is 9.59 Å². The fourth-order valence-corrected chi connectivity index (χ4v) is 5.31. The van der Waals surface area contributed by atoms with E-state index in [-0.39, 0.29) is 23.8 Å². The van der Waals surface area contributed by atoms with E-state index in [1.54, 1.807) is 0 Å². The van der Waals surface area contributed by atoms with Gasteiger partial charge in [-0.25, -0.2) is 0 Å². The van der Waals surface area contributed by atoms with Crippen LogP contribution in [-0.4, -0.2) is 35.4 Å². The molecule has 3 aliphatic rings. The molecule has 0 bridgehead atoms. The predicted octanol–water partition coefficient (Wildman–Crippen LogP) is 4.79. The number of benzene rings is 2. The molecule has 2 fully saturated rings. The summed E-state index contributed by atoms with van der Waals surface area (Å²) in [6.07, 6.45) is 7.38. The first-order valence-corrected chi connectivity index (χ1v) is 12.6. The Kier molecular flexibility index (Phi) is 6.39. The summed E-state index contributed by atoms with van der Waals surface area (Å²) < 4.78 is 6.18. The second kappa shape index (κ2) is 9.58. The Morgan fingerprint density at radius 2 is 1.82 bits per heavy atom. The van der Waals surface area contributed by atoms with Gasteiger partial charge in [0.15, 0.2) is 6.10 Å². The first-order valence-electron chi connectivity index (χ1n) is 12.6. The summed E-state index contributed by atoms with van der Waals surface area (Å²) >= 11 is 0.